The van der Waals surface area contributed by atoms with Gasteiger partial charge in [-0.1, -0.05) is 293 Å². The molecule has 0 amide bonds. The molecule has 0 N–H and O–H groups in total. The molecule has 0 aliphatic heterocycles. The predicted molar refractivity (Wildman–Crippen MR) is 255 cm³/mol. The summed E-state index contributed by atoms with van der Waals surface area (Å²) in [6, 6.07) is 0. The molecule has 0 fully saturated rings. The van der Waals surface area contributed by atoms with Gasteiger partial charge in [0.25, 0.3) is 0 Å². The van der Waals surface area contributed by atoms with E-state index in [1.807, 2.05) is 0 Å². The molecule has 0 spiro atoms. The summed E-state index contributed by atoms with van der Waals surface area (Å²) in [5.74, 6) is 0. The van der Waals surface area contributed by atoms with Crippen LogP contribution in [0.15, 0.2) is 0 Å². The molecule has 0 aliphatic rings. The molecule has 328 valence electrons. The van der Waals surface area contributed by atoms with E-state index >= 15 is 0 Å². The molecule has 0 aliphatic carbocycles. The summed E-state index contributed by atoms with van der Waals surface area (Å²) in [5.41, 5.74) is 2.69. The zero-order valence-corrected chi connectivity index (χ0v) is 42.3. The van der Waals surface area contributed by atoms with E-state index in [0.717, 1.165) is 0 Å². The fraction of sp³-hybridized carbons (Fsp3) is 1.00. The summed E-state index contributed by atoms with van der Waals surface area (Å²) in [7, 11) is 0. The van der Waals surface area contributed by atoms with E-state index in [2.05, 4.69) is 138 Å². The summed E-state index contributed by atoms with van der Waals surface area (Å²) >= 11 is 0. The average molecular weight is 754 g/mol. The van der Waals surface area contributed by atoms with E-state index in [4.69, 9.17) is 0 Å². The van der Waals surface area contributed by atoms with Crippen molar-refractivity contribution in [3.8, 4) is 0 Å². The largest absolute Gasteiger partial charge is 0.0654 e. The monoisotopic (exact) mass is 753 g/mol. The van der Waals surface area contributed by atoms with Crippen LogP contribution in [0, 0.1) is 27.1 Å². The van der Waals surface area contributed by atoms with Gasteiger partial charge in [0, 0.05) is 0 Å². The third-order valence-corrected chi connectivity index (χ3v) is 8.24. The van der Waals surface area contributed by atoms with Crippen LogP contribution in [0.5, 0.6) is 0 Å². The van der Waals surface area contributed by atoms with E-state index in [9.17, 15) is 0 Å². The summed E-state index contributed by atoms with van der Waals surface area (Å²) in [6.07, 6.45) is 41.1. The molecule has 0 unspecified atom stereocenters. The molecular weight excluding hydrogens is 637 g/mol. The van der Waals surface area contributed by atoms with Crippen molar-refractivity contribution in [2.24, 2.45) is 27.1 Å². The molecule has 0 saturated heterocycles. The van der Waals surface area contributed by atoms with Gasteiger partial charge in [-0.15, -0.1) is 0 Å². The Balaban J connectivity index is -0.000000309. The lowest BCUT2D eigenvalue weighted by Gasteiger charge is -2.35. The molecule has 53 heavy (non-hydrogen) atoms. The molecular formula is C53H116. The first-order chi connectivity index (χ1) is 24.2. The third kappa shape index (κ3) is 100. The van der Waals surface area contributed by atoms with E-state index in [0.29, 0.717) is 27.1 Å². The van der Waals surface area contributed by atoms with Gasteiger partial charge >= 0.3 is 0 Å². The maximum Gasteiger partial charge on any atom is -0.0297 e. The van der Waals surface area contributed by atoms with Crippen LogP contribution in [-0.2, 0) is 0 Å². The van der Waals surface area contributed by atoms with Gasteiger partial charge in [-0.05, 0) is 52.8 Å². The first-order valence-electron chi connectivity index (χ1n) is 24.2. The van der Waals surface area contributed by atoms with Crippen molar-refractivity contribution < 1.29 is 0 Å². The zero-order chi connectivity index (χ0) is 42.3. The van der Waals surface area contributed by atoms with Crippen LogP contribution in [0.4, 0.5) is 0 Å². The minimum atomic E-state index is 0.500. The SMILES string of the molecule is CC(C)(C)C.CC(C)(C)C.CC(C)(C)C.CC(C)(C)C.CCCCCCCCCCCCC(CCCC)(CCCC)CCCCCCCCCCCC. The first kappa shape index (κ1) is 62.2. The zero-order valence-electron chi connectivity index (χ0n) is 42.3. The number of rotatable bonds is 28. The standard InChI is InChI=1S/C33H68.4C5H12/c1-5-9-13-15-17-19-21-23-25-27-31-33(29-11-7-3,30-12-8-4)32-28-26-24-22-20-18-16-14-10-6-2;4*1-5(2,3)4/h5-32H2,1-4H3;4*1-4H3. The molecule has 0 atom stereocenters. The normalized spacial score (nSPS) is 12.0. The molecule has 0 aromatic heterocycles. The molecule has 0 nitrogen and oxygen atoms in total. The van der Waals surface area contributed by atoms with Crippen LogP contribution in [0.3, 0.4) is 0 Å². The van der Waals surface area contributed by atoms with Crippen molar-refractivity contribution in [3.05, 3.63) is 0 Å². The van der Waals surface area contributed by atoms with Crippen LogP contribution < -0.4 is 0 Å². The van der Waals surface area contributed by atoms with Gasteiger partial charge in [0.05, 0.1) is 0 Å². The van der Waals surface area contributed by atoms with Crippen LogP contribution in [-0.4, -0.2) is 0 Å². The highest BCUT2D eigenvalue weighted by atomic mass is 14.3. The van der Waals surface area contributed by atoms with Crippen molar-refractivity contribution >= 4 is 0 Å². The molecule has 0 aromatic rings. The van der Waals surface area contributed by atoms with Crippen molar-refractivity contribution in [1.29, 1.82) is 0 Å². The highest BCUT2D eigenvalue weighted by Crippen LogP contribution is 2.41. The Hall–Kier alpha value is 0. The second-order valence-electron chi connectivity index (χ2n) is 23.6. The predicted octanol–water partition coefficient (Wildman–Crippen LogP) is 21.2. The number of hydrogen-bond acceptors (Lipinski definition) is 0. The Bertz CT molecular complexity index is 533. The Morgan fingerprint density at radius 2 is 0.321 bits per heavy atom. The average Bonchev–Trinajstić information content (AvgIpc) is 2.97. The topological polar surface area (TPSA) is 0 Å². The molecule has 0 saturated carbocycles. The van der Waals surface area contributed by atoms with E-state index in [1.165, 1.54) is 180 Å². The number of hydrogen-bond donors (Lipinski definition) is 0. The van der Waals surface area contributed by atoms with E-state index in [-0.39, 0.29) is 0 Å². The summed E-state index contributed by atoms with van der Waals surface area (Å²) in [5, 5.41) is 0. The van der Waals surface area contributed by atoms with Crippen molar-refractivity contribution in [2.45, 2.75) is 318 Å². The van der Waals surface area contributed by atoms with Gasteiger partial charge in [-0.2, -0.15) is 0 Å². The van der Waals surface area contributed by atoms with Gasteiger partial charge in [-0.3, -0.25) is 0 Å². The van der Waals surface area contributed by atoms with Crippen LogP contribution >= 0.6 is 0 Å². The van der Waals surface area contributed by atoms with Crippen LogP contribution in [0.2, 0.25) is 0 Å². The van der Waals surface area contributed by atoms with Gasteiger partial charge in [0.2, 0.25) is 0 Å². The van der Waals surface area contributed by atoms with Crippen molar-refractivity contribution in [1.82, 2.24) is 0 Å². The third-order valence-electron chi connectivity index (χ3n) is 8.24. The van der Waals surface area contributed by atoms with Gasteiger partial charge < -0.3 is 0 Å². The molecule has 0 radical (unpaired) electrons. The summed E-state index contributed by atoms with van der Waals surface area (Å²) in [6.45, 7) is 44.4. The highest BCUT2D eigenvalue weighted by molar-refractivity contribution is 4.80. The Morgan fingerprint density at radius 3 is 0.491 bits per heavy atom. The molecule has 0 rings (SSSR count). The lowest BCUT2D eigenvalue weighted by atomic mass is 9.71. The molecule has 0 heteroatoms. The van der Waals surface area contributed by atoms with E-state index in [1.54, 1.807) is 0 Å². The summed E-state index contributed by atoms with van der Waals surface area (Å²) < 4.78 is 0. The Morgan fingerprint density at radius 1 is 0.189 bits per heavy atom. The molecule has 0 aromatic carbocycles. The quantitative estimate of drug-likeness (QED) is 0.0698. The highest BCUT2D eigenvalue weighted by Gasteiger charge is 2.27. The minimum absolute atomic E-state index is 0.500. The fourth-order valence-electron chi connectivity index (χ4n) is 5.83. The number of unbranched alkanes of at least 4 members (excludes halogenated alkanes) is 20. The second-order valence-corrected chi connectivity index (χ2v) is 23.6. The fourth-order valence-corrected chi connectivity index (χ4v) is 5.83. The summed E-state index contributed by atoms with van der Waals surface area (Å²) in [4.78, 5) is 0. The van der Waals surface area contributed by atoms with Crippen molar-refractivity contribution in [2.75, 3.05) is 0 Å². The van der Waals surface area contributed by atoms with Crippen LogP contribution in [0.25, 0.3) is 0 Å². The van der Waals surface area contributed by atoms with Crippen molar-refractivity contribution in [3.63, 3.8) is 0 Å². The van der Waals surface area contributed by atoms with E-state index < -0.39 is 0 Å². The van der Waals surface area contributed by atoms with Gasteiger partial charge in [0.1, 0.15) is 0 Å². The minimum Gasteiger partial charge on any atom is -0.0654 e. The Labute approximate surface area is 344 Å². The molecule has 0 heterocycles. The maximum absolute atomic E-state index is 2.39. The Kier molecular flexibility index (Phi) is 47.2. The van der Waals surface area contributed by atoms with Gasteiger partial charge in [-0.25, -0.2) is 0 Å². The van der Waals surface area contributed by atoms with Crippen LogP contribution in [0.1, 0.15) is 318 Å². The van der Waals surface area contributed by atoms with Gasteiger partial charge in [0.15, 0.2) is 0 Å². The lowest BCUT2D eigenvalue weighted by Crippen LogP contribution is -2.21. The molecule has 0 bridgehead atoms. The first-order valence-corrected chi connectivity index (χ1v) is 24.2. The smallest absolute Gasteiger partial charge is 0.0297 e. The maximum atomic E-state index is 2.39. The lowest BCUT2D eigenvalue weighted by molar-refractivity contribution is 0.174. The second kappa shape index (κ2) is 40.2.